The zero-order valence-electron chi connectivity index (χ0n) is 7.79. The Morgan fingerprint density at radius 1 is 1.40 bits per heavy atom. The van der Waals surface area contributed by atoms with Crippen LogP contribution in [0.5, 0.6) is 0 Å². The van der Waals surface area contributed by atoms with Crippen LogP contribution in [0.25, 0.3) is 0 Å². The van der Waals surface area contributed by atoms with Crippen LogP contribution in [0.4, 0.5) is 5.69 Å². The smallest absolute Gasteiger partial charge is 0.258 e. The van der Waals surface area contributed by atoms with Crippen molar-refractivity contribution in [3.05, 3.63) is 47.0 Å². The molecular formula is C9H9NO4S. The van der Waals surface area contributed by atoms with Gasteiger partial charge in [0.2, 0.25) is 0 Å². The molecule has 1 rings (SSSR count). The number of hydrogen-bond donors (Lipinski definition) is 0. The van der Waals surface area contributed by atoms with Gasteiger partial charge in [-0.2, -0.15) is 0 Å². The van der Waals surface area contributed by atoms with Gasteiger partial charge in [-0.05, 0) is 6.07 Å². The summed E-state index contributed by atoms with van der Waals surface area (Å²) in [6.07, 6.45) is 1.20. The molecule has 0 fully saturated rings. The van der Waals surface area contributed by atoms with Crippen LogP contribution in [-0.4, -0.2) is 19.1 Å². The van der Waals surface area contributed by atoms with Crippen molar-refractivity contribution in [2.24, 2.45) is 0 Å². The second-order valence-corrected chi connectivity index (χ2v) is 4.80. The van der Waals surface area contributed by atoms with Crippen molar-refractivity contribution in [1.82, 2.24) is 0 Å². The minimum atomic E-state index is -3.65. The zero-order chi connectivity index (χ0) is 11.5. The topological polar surface area (TPSA) is 77.3 Å². The third-order valence-corrected chi connectivity index (χ3v) is 3.42. The van der Waals surface area contributed by atoms with Crippen LogP contribution in [0.1, 0.15) is 0 Å². The second-order valence-electron chi connectivity index (χ2n) is 2.79. The van der Waals surface area contributed by atoms with Gasteiger partial charge in [-0.25, -0.2) is 8.42 Å². The van der Waals surface area contributed by atoms with Crippen molar-refractivity contribution in [2.45, 2.75) is 4.90 Å². The number of rotatable bonds is 4. The van der Waals surface area contributed by atoms with Crippen molar-refractivity contribution >= 4 is 15.5 Å². The van der Waals surface area contributed by atoms with E-state index >= 15 is 0 Å². The molecule has 0 aliphatic rings. The van der Waals surface area contributed by atoms with Gasteiger partial charge in [0.15, 0.2) is 9.84 Å². The van der Waals surface area contributed by atoms with Crippen molar-refractivity contribution in [1.29, 1.82) is 0 Å². The molecule has 0 aliphatic heterocycles. The number of nitro benzene ring substituents is 1. The van der Waals surface area contributed by atoms with Crippen LogP contribution < -0.4 is 0 Å². The van der Waals surface area contributed by atoms with Crippen LogP contribution in [0.2, 0.25) is 0 Å². The molecule has 15 heavy (non-hydrogen) atoms. The second kappa shape index (κ2) is 4.22. The lowest BCUT2D eigenvalue weighted by atomic mass is 10.3. The maximum absolute atomic E-state index is 11.6. The average molecular weight is 227 g/mol. The summed E-state index contributed by atoms with van der Waals surface area (Å²) in [5, 5.41) is 10.6. The largest absolute Gasteiger partial charge is 0.287 e. The number of benzene rings is 1. The van der Waals surface area contributed by atoms with Crippen LogP contribution >= 0.6 is 0 Å². The highest BCUT2D eigenvalue weighted by molar-refractivity contribution is 7.91. The van der Waals surface area contributed by atoms with Crippen LogP contribution in [0.15, 0.2) is 41.8 Å². The SMILES string of the molecule is C=CCS(=O)(=O)c1ccccc1[N+](=O)[O-]. The number of nitrogens with zero attached hydrogens (tertiary/aromatic N) is 1. The Labute approximate surface area is 87.1 Å². The van der Waals surface area contributed by atoms with E-state index in [1.165, 1.54) is 24.3 Å². The van der Waals surface area contributed by atoms with Gasteiger partial charge < -0.3 is 0 Å². The summed E-state index contributed by atoms with van der Waals surface area (Å²) in [4.78, 5) is 9.61. The van der Waals surface area contributed by atoms with Crippen molar-refractivity contribution < 1.29 is 13.3 Å². The molecule has 0 atom stereocenters. The quantitative estimate of drug-likeness (QED) is 0.444. The van der Waals surface area contributed by atoms with E-state index in [4.69, 9.17) is 0 Å². The molecule has 0 heterocycles. The molecule has 5 nitrogen and oxygen atoms in total. The molecule has 0 spiro atoms. The van der Waals surface area contributed by atoms with E-state index in [2.05, 4.69) is 6.58 Å². The van der Waals surface area contributed by atoms with Crippen LogP contribution in [0, 0.1) is 10.1 Å². The third-order valence-electron chi connectivity index (χ3n) is 1.73. The molecule has 0 aliphatic carbocycles. The molecule has 0 unspecified atom stereocenters. The van der Waals surface area contributed by atoms with E-state index in [1.807, 2.05) is 0 Å². The first-order chi connectivity index (χ1) is 6.99. The molecule has 0 saturated carbocycles. The Morgan fingerprint density at radius 3 is 2.53 bits per heavy atom. The van der Waals surface area contributed by atoms with Gasteiger partial charge in [0.05, 0.1) is 10.7 Å². The van der Waals surface area contributed by atoms with Crippen LogP contribution in [-0.2, 0) is 9.84 Å². The summed E-state index contributed by atoms with van der Waals surface area (Å²) in [5.41, 5.74) is -0.403. The lowest BCUT2D eigenvalue weighted by molar-refractivity contribution is -0.387. The fourth-order valence-electron chi connectivity index (χ4n) is 1.12. The Bertz CT molecular complexity index is 493. The standard InChI is InChI=1S/C9H9NO4S/c1-2-7-15(13,14)9-6-4-3-5-8(9)10(11)12/h2-6H,1,7H2. The van der Waals surface area contributed by atoms with Crippen molar-refractivity contribution in [2.75, 3.05) is 5.75 Å². The lowest BCUT2D eigenvalue weighted by Crippen LogP contribution is -2.07. The van der Waals surface area contributed by atoms with E-state index in [1.54, 1.807) is 0 Å². The van der Waals surface area contributed by atoms with Crippen LogP contribution in [0.3, 0.4) is 0 Å². The maximum Gasteiger partial charge on any atom is 0.287 e. The lowest BCUT2D eigenvalue weighted by Gasteiger charge is -2.01. The average Bonchev–Trinajstić information content (AvgIpc) is 2.17. The number of nitro groups is 1. The molecule has 6 heteroatoms. The van der Waals surface area contributed by atoms with Crippen molar-refractivity contribution in [3.8, 4) is 0 Å². The van der Waals surface area contributed by atoms with E-state index in [0.29, 0.717) is 0 Å². The molecule has 1 aromatic rings. The molecule has 0 radical (unpaired) electrons. The number of para-hydroxylation sites is 1. The highest BCUT2D eigenvalue weighted by Crippen LogP contribution is 2.23. The molecule has 80 valence electrons. The number of sulfone groups is 1. The predicted octanol–water partition coefficient (Wildman–Crippen LogP) is 1.55. The summed E-state index contributed by atoms with van der Waals surface area (Å²) in [7, 11) is -3.65. The number of hydrogen-bond acceptors (Lipinski definition) is 4. The molecule has 0 saturated heterocycles. The minimum absolute atomic E-state index is 0.269. The Morgan fingerprint density at radius 2 is 2.00 bits per heavy atom. The summed E-state index contributed by atoms with van der Waals surface area (Å²) in [5.74, 6) is -0.308. The monoisotopic (exact) mass is 227 g/mol. The summed E-state index contributed by atoms with van der Waals surface area (Å²) in [6, 6.07) is 5.25. The fourth-order valence-corrected chi connectivity index (χ4v) is 2.35. The van der Waals surface area contributed by atoms with Gasteiger partial charge in [0.1, 0.15) is 4.90 Å². The maximum atomic E-state index is 11.6. The Balaban J connectivity index is 3.37. The first-order valence-electron chi connectivity index (χ1n) is 4.06. The van der Waals surface area contributed by atoms with Crippen molar-refractivity contribution in [3.63, 3.8) is 0 Å². The van der Waals surface area contributed by atoms with Gasteiger partial charge >= 0.3 is 0 Å². The highest BCUT2D eigenvalue weighted by atomic mass is 32.2. The first kappa shape index (κ1) is 11.4. The summed E-state index contributed by atoms with van der Waals surface area (Å²) < 4.78 is 23.2. The minimum Gasteiger partial charge on any atom is -0.258 e. The zero-order valence-corrected chi connectivity index (χ0v) is 8.61. The van der Waals surface area contributed by atoms with Gasteiger partial charge in [-0.1, -0.05) is 18.2 Å². The van der Waals surface area contributed by atoms with Gasteiger partial charge in [0.25, 0.3) is 5.69 Å². The summed E-state index contributed by atoms with van der Waals surface area (Å²) in [6.45, 7) is 3.30. The van der Waals surface area contributed by atoms with E-state index in [0.717, 1.165) is 6.07 Å². The normalized spacial score (nSPS) is 10.9. The molecule has 1 aromatic carbocycles. The molecule has 0 bridgehead atoms. The Hall–Kier alpha value is -1.69. The van der Waals surface area contributed by atoms with E-state index < -0.39 is 20.4 Å². The van der Waals surface area contributed by atoms with Gasteiger partial charge in [-0.15, -0.1) is 6.58 Å². The van der Waals surface area contributed by atoms with Gasteiger partial charge in [-0.3, -0.25) is 10.1 Å². The summed E-state index contributed by atoms with van der Waals surface area (Å²) >= 11 is 0. The first-order valence-corrected chi connectivity index (χ1v) is 5.71. The molecule has 0 N–H and O–H groups in total. The van der Waals surface area contributed by atoms with E-state index in [9.17, 15) is 18.5 Å². The molecule has 0 aromatic heterocycles. The fraction of sp³-hybridized carbons (Fsp3) is 0.111. The predicted molar refractivity (Wildman–Crippen MR) is 55.3 cm³/mol. The Kier molecular flexibility index (Phi) is 3.21. The van der Waals surface area contributed by atoms with E-state index in [-0.39, 0.29) is 10.6 Å². The van der Waals surface area contributed by atoms with Gasteiger partial charge in [0, 0.05) is 6.07 Å². The molecule has 0 amide bonds. The third kappa shape index (κ3) is 2.41. The highest BCUT2D eigenvalue weighted by Gasteiger charge is 2.23. The molecular weight excluding hydrogens is 218 g/mol.